The lowest BCUT2D eigenvalue weighted by Gasteiger charge is -2.13. The largest absolute Gasteiger partial charge is 0.493 e. The molecule has 2 amide bonds. The second kappa shape index (κ2) is 10.2. The molecule has 0 atom stereocenters. The average molecular weight is 370 g/mol. The standard InChI is InChI=1S/C21H26N2O4/c1-15(2)23-20(24)11-12-22-21(25)17-9-10-18(19(13-17)26-3)27-14-16-7-5-4-6-8-16/h4-10,13,15H,11-12,14H2,1-3H3,(H,22,25)(H,23,24). The summed E-state index contributed by atoms with van der Waals surface area (Å²) < 4.78 is 11.1. The van der Waals surface area contributed by atoms with E-state index in [1.807, 2.05) is 44.2 Å². The Kier molecular flexibility index (Phi) is 7.67. The lowest BCUT2D eigenvalue weighted by Crippen LogP contribution is -2.34. The van der Waals surface area contributed by atoms with E-state index in [1.54, 1.807) is 18.2 Å². The van der Waals surface area contributed by atoms with Crippen molar-refractivity contribution < 1.29 is 19.1 Å². The molecule has 2 aromatic rings. The van der Waals surface area contributed by atoms with Gasteiger partial charge in [-0.2, -0.15) is 0 Å². The van der Waals surface area contributed by atoms with Crippen LogP contribution in [0.5, 0.6) is 11.5 Å². The van der Waals surface area contributed by atoms with Crippen LogP contribution in [-0.4, -0.2) is 31.5 Å². The first-order chi connectivity index (χ1) is 13.0. The van der Waals surface area contributed by atoms with Crippen LogP contribution in [0.3, 0.4) is 0 Å². The third-order valence-corrected chi connectivity index (χ3v) is 3.75. The minimum absolute atomic E-state index is 0.0842. The summed E-state index contributed by atoms with van der Waals surface area (Å²) >= 11 is 0. The highest BCUT2D eigenvalue weighted by atomic mass is 16.5. The fourth-order valence-electron chi connectivity index (χ4n) is 2.45. The molecule has 0 aliphatic rings. The zero-order valence-electron chi connectivity index (χ0n) is 16.0. The van der Waals surface area contributed by atoms with E-state index in [-0.39, 0.29) is 30.8 Å². The Bertz CT molecular complexity index is 760. The van der Waals surface area contributed by atoms with Crippen LogP contribution in [0.25, 0.3) is 0 Å². The van der Waals surface area contributed by atoms with Crippen molar-refractivity contribution in [2.75, 3.05) is 13.7 Å². The third kappa shape index (κ3) is 6.66. The van der Waals surface area contributed by atoms with Crippen LogP contribution in [0, 0.1) is 0 Å². The summed E-state index contributed by atoms with van der Waals surface area (Å²) in [5.41, 5.74) is 1.49. The summed E-state index contributed by atoms with van der Waals surface area (Å²) in [6.07, 6.45) is 0.235. The molecule has 0 saturated carbocycles. The lowest BCUT2D eigenvalue weighted by molar-refractivity contribution is -0.121. The second-order valence-corrected chi connectivity index (χ2v) is 6.37. The first kappa shape index (κ1) is 20.3. The summed E-state index contributed by atoms with van der Waals surface area (Å²) in [6.45, 7) is 4.47. The summed E-state index contributed by atoms with van der Waals surface area (Å²) in [4.78, 5) is 23.9. The Labute approximate surface area is 159 Å². The van der Waals surface area contributed by atoms with Crippen molar-refractivity contribution >= 4 is 11.8 Å². The van der Waals surface area contributed by atoms with Gasteiger partial charge in [0.15, 0.2) is 11.5 Å². The number of ether oxygens (including phenoxy) is 2. The molecule has 27 heavy (non-hydrogen) atoms. The Morgan fingerprint density at radius 1 is 1.04 bits per heavy atom. The number of hydrogen-bond acceptors (Lipinski definition) is 4. The number of carbonyl (C=O) groups excluding carboxylic acids is 2. The van der Waals surface area contributed by atoms with Crippen LogP contribution in [0.1, 0.15) is 36.2 Å². The first-order valence-corrected chi connectivity index (χ1v) is 8.92. The van der Waals surface area contributed by atoms with Gasteiger partial charge in [0, 0.05) is 24.6 Å². The molecule has 0 saturated heterocycles. The smallest absolute Gasteiger partial charge is 0.251 e. The van der Waals surface area contributed by atoms with E-state index < -0.39 is 0 Å². The molecule has 0 aliphatic carbocycles. The molecule has 0 heterocycles. The molecule has 2 aromatic carbocycles. The molecule has 0 aromatic heterocycles. The zero-order valence-corrected chi connectivity index (χ0v) is 16.0. The topological polar surface area (TPSA) is 76.7 Å². The van der Waals surface area contributed by atoms with E-state index in [4.69, 9.17) is 9.47 Å². The maximum absolute atomic E-state index is 12.3. The van der Waals surface area contributed by atoms with E-state index >= 15 is 0 Å². The molecular formula is C21H26N2O4. The molecule has 144 valence electrons. The van der Waals surface area contributed by atoms with Crippen molar-refractivity contribution in [1.82, 2.24) is 10.6 Å². The van der Waals surface area contributed by atoms with Crippen LogP contribution >= 0.6 is 0 Å². The number of methoxy groups -OCH3 is 1. The van der Waals surface area contributed by atoms with E-state index in [1.165, 1.54) is 7.11 Å². The summed E-state index contributed by atoms with van der Waals surface area (Å²) in [7, 11) is 1.53. The van der Waals surface area contributed by atoms with E-state index in [9.17, 15) is 9.59 Å². The average Bonchev–Trinajstić information content (AvgIpc) is 2.66. The Morgan fingerprint density at radius 3 is 2.44 bits per heavy atom. The number of hydrogen-bond donors (Lipinski definition) is 2. The van der Waals surface area contributed by atoms with Gasteiger partial charge < -0.3 is 20.1 Å². The lowest BCUT2D eigenvalue weighted by atomic mass is 10.2. The van der Waals surface area contributed by atoms with Gasteiger partial charge in [-0.15, -0.1) is 0 Å². The highest BCUT2D eigenvalue weighted by molar-refractivity contribution is 5.95. The van der Waals surface area contributed by atoms with E-state index in [0.717, 1.165) is 5.56 Å². The number of nitrogens with one attached hydrogen (secondary N) is 2. The molecule has 6 nitrogen and oxygen atoms in total. The van der Waals surface area contributed by atoms with E-state index in [0.29, 0.717) is 23.7 Å². The number of amides is 2. The number of rotatable bonds is 9. The predicted molar refractivity (Wildman–Crippen MR) is 104 cm³/mol. The molecule has 6 heteroatoms. The van der Waals surface area contributed by atoms with Crippen LogP contribution in [0.15, 0.2) is 48.5 Å². The fraction of sp³-hybridized carbons (Fsp3) is 0.333. The molecule has 0 bridgehead atoms. The third-order valence-electron chi connectivity index (χ3n) is 3.75. The van der Waals surface area contributed by atoms with Crippen LogP contribution in [-0.2, 0) is 11.4 Å². The molecule has 0 aliphatic heterocycles. The molecule has 0 unspecified atom stereocenters. The van der Waals surface area contributed by atoms with Crippen LogP contribution < -0.4 is 20.1 Å². The first-order valence-electron chi connectivity index (χ1n) is 8.92. The van der Waals surface area contributed by atoms with Gasteiger partial charge in [0.1, 0.15) is 6.61 Å². The quantitative estimate of drug-likeness (QED) is 0.712. The Balaban J connectivity index is 1.92. The van der Waals surface area contributed by atoms with Gasteiger partial charge in [0.25, 0.3) is 5.91 Å². The SMILES string of the molecule is COc1cc(C(=O)NCCC(=O)NC(C)C)ccc1OCc1ccccc1. The monoisotopic (exact) mass is 370 g/mol. The van der Waals surface area contributed by atoms with Gasteiger partial charge in [-0.3, -0.25) is 9.59 Å². The molecular weight excluding hydrogens is 344 g/mol. The molecule has 0 radical (unpaired) electrons. The van der Waals surface area contributed by atoms with Crippen LogP contribution in [0.4, 0.5) is 0 Å². The molecule has 2 rings (SSSR count). The van der Waals surface area contributed by atoms with Gasteiger partial charge in [-0.05, 0) is 37.6 Å². The van der Waals surface area contributed by atoms with Gasteiger partial charge in [0.2, 0.25) is 5.91 Å². The highest BCUT2D eigenvalue weighted by Gasteiger charge is 2.12. The maximum Gasteiger partial charge on any atom is 0.251 e. The summed E-state index contributed by atoms with van der Waals surface area (Å²) in [5, 5.41) is 5.52. The molecule has 0 spiro atoms. The second-order valence-electron chi connectivity index (χ2n) is 6.37. The predicted octanol–water partition coefficient (Wildman–Crippen LogP) is 2.92. The van der Waals surface area contributed by atoms with Gasteiger partial charge in [0.05, 0.1) is 7.11 Å². The van der Waals surface area contributed by atoms with Gasteiger partial charge >= 0.3 is 0 Å². The maximum atomic E-state index is 12.3. The minimum Gasteiger partial charge on any atom is -0.493 e. The minimum atomic E-state index is -0.264. The van der Waals surface area contributed by atoms with Crippen molar-refractivity contribution in [3.63, 3.8) is 0 Å². The van der Waals surface area contributed by atoms with Gasteiger partial charge in [-0.1, -0.05) is 30.3 Å². The highest BCUT2D eigenvalue weighted by Crippen LogP contribution is 2.28. The fourth-order valence-corrected chi connectivity index (χ4v) is 2.45. The van der Waals surface area contributed by atoms with Crippen molar-refractivity contribution in [1.29, 1.82) is 0 Å². The van der Waals surface area contributed by atoms with Crippen molar-refractivity contribution in [2.45, 2.75) is 32.9 Å². The zero-order chi connectivity index (χ0) is 19.6. The van der Waals surface area contributed by atoms with Gasteiger partial charge in [-0.25, -0.2) is 0 Å². The Morgan fingerprint density at radius 2 is 1.78 bits per heavy atom. The summed E-state index contributed by atoms with van der Waals surface area (Å²) in [6, 6.07) is 14.9. The summed E-state index contributed by atoms with van der Waals surface area (Å²) in [5.74, 6) is 0.693. The molecule has 0 fully saturated rings. The van der Waals surface area contributed by atoms with Crippen molar-refractivity contribution in [2.24, 2.45) is 0 Å². The van der Waals surface area contributed by atoms with E-state index in [2.05, 4.69) is 10.6 Å². The number of carbonyl (C=O) groups is 2. The Hall–Kier alpha value is -3.02. The van der Waals surface area contributed by atoms with Crippen LogP contribution in [0.2, 0.25) is 0 Å². The van der Waals surface area contributed by atoms with Crippen molar-refractivity contribution in [3.05, 3.63) is 59.7 Å². The van der Waals surface area contributed by atoms with Crippen molar-refractivity contribution in [3.8, 4) is 11.5 Å². The normalized spacial score (nSPS) is 10.4. The number of benzene rings is 2. The molecule has 2 N–H and O–H groups in total.